The summed E-state index contributed by atoms with van der Waals surface area (Å²) in [4.78, 5) is 8.80. The van der Waals surface area contributed by atoms with E-state index in [2.05, 4.69) is 15.3 Å². The monoisotopic (exact) mass is 220 g/mol. The Bertz CT molecular complexity index is 345. The number of aryl methyl sites for hydroxylation is 1. The molecule has 0 aromatic carbocycles. The molecule has 0 radical (unpaired) electrons. The van der Waals surface area contributed by atoms with Gasteiger partial charge in [0.25, 0.3) is 0 Å². The first-order valence-corrected chi connectivity index (χ1v) is 6.09. The maximum atomic E-state index is 5.60. The summed E-state index contributed by atoms with van der Waals surface area (Å²) in [5.74, 6) is 0.743. The van der Waals surface area contributed by atoms with Crippen molar-refractivity contribution in [3.63, 3.8) is 0 Å². The fraction of sp³-hybridized carbons (Fsp3) is 0.667. The third-order valence-corrected chi connectivity index (χ3v) is 3.05. The second-order valence-corrected chi connectivity index (χ2v) is 4.51. The van der Waals surface area contributed by atoms with Crippen LogP contribution in [-0.4, -0.2) is 16.0 Å². The number of anilines is 1. The molecular formula is C12H20N4. The third-order valence-electron chi connectivity index (χ3n) is 3.05. The number of hydrogen-bond donors (Lipinski definition) is 2. The fourth-order valence-electron chi connectivity index (χ4n) is 2.23. The van der Waals surface area contributed by atoms with Crippen LogP contribution in [0.15, 0.2) is 6.07 Å². The average molecular weight is 220 g/mol. The predicted molar refractivity (Wildman–Crippen MR) is 65.2 cm³/mol. The van der Waals surface area contributed by atoms with Crippen molar-refractivity contribution in [1.29, 1.82) is 0 Å². The van der Waals surface area contributed by atoms with Gasteiger partial charge < -0.3 is 11.1 Å². The molecule has 0 atom stereocenters. The Morgan fingerprint density at radius 1 is 1.31 bits per heavy atom. The van der Waals surface area contributed by atoms with Gasteiger partial charge in [-0.1, -0.05) is 19.3 Å². The summed E-state index contributed by atoms with van der Waals surface area (Å²) in [5.41, 5.74) is 7.49. The number of rotatable bonds is 3. The van der Waals surface area contributed by atoms with E-state index in [1.807, 2.05) is 13.0 Å². The standard InChI is InChI=1S/C12H20N4/c1-9-7-11(8-13)16-12(14-9)15-10-5-3-2-4-6-10/h7,10H,2-6,8,13H2,1H3,(H,14,15,16). The van der Waals surface area contributed by atoms with E-state index in [1.54, 1.807) is 0 Å². The molecule has 0 saturated heterocycles. The number of nitrogens with one attached hydrogen (secondary N) is 1. The summed E-state index contributed by atoms with van der Waals surface area (Å²) in [6, 6.07) is 2.48. The molecule has 1 heterocycles. The molecular weight excluding hydrogens is 200 g/mol. The van der Waals surface area contributed by atoms with E-state index < -0.39 is 0 Å². The average Bonchev–Trinajstić information content (AvgIpc) is 2.29. The van der Waals surface area contributed by atoms with E-state index in [0.717, 1.165) is 17.3 Å². The molecule has 0 bridgehead atoms. The van der Waals surface area contributed by atoms with Crippen LogP contribution in [0.4, 0.5) is 5.95 Å². The van der Waals surface area contributed by atoms with Crippen molar-refractivity contribution in [2.75, 3.05) is 5.32 Å². The third kappa shape index (κ3) is 2.92. The van der Waals surface area contributed by atoms with Crippen LogP contribution >= 0.6 is 0 Å². The minimum Gasteiger partial charge on any atom is -0.351 e. The molecule has 88 valence electrons. The van der Waals surface area contributed by atoms with Gasteiger partial charge in [0.2, 0.25) is 5.95 Å². The first kappa shape index (κ1) is 11.3. The number of aromatic nitrogens is 2. The second-order valence-electron chi connectivity index (χ2n) is 4.51. The molecule has 4 nitrogen and oxygen atoms in total. The molecule has 3 N–H and O–H groups in total. The van der Waals surface area contributed by atoms with E-state index in [-0.39, 0.29) is 0 Å². The van der Waals surface area contributed by atoms with Crippen molar-refractivity contribution in [1.82, 2.24) is 9.97 Å². The SMILES string of the molecule is Cc1cc(CN)nc(NC2CCCCC2)n1. The van der Waals surface area contributed by atoms with Crippen LogP contribution in [0, 0.1) is 6.92 Å². The molecule has 1 aromatic heterocycles. The van der Waals surface area contributed by atoms with E-state index in [0.29, 0.717) is 12.6 Å². The normalized spacial score (nSPS) is 17.4. The first-order chi connectivity index (χ1) is 7.78. The van der Waals surface area contributed by atoms with Crippen molar-refractivity contribution in [2.45, 2.75) is 51.6 Å². The summed E-state index contributed by atoms with van der Waals surface area (Å²) in [7, 11) is 0. The van der Waals surface area contributed by atoms with Crippen molar-refractivity contribution in [2.24, 2.45) is 5.73 Å². The molecule has 0 spiro atoms. The molecule has 16 heavy (non-hydrogen) atoms. The Hall–Kier alpha value is -1.16. The highest BCUT2D eigenvalue weighted by molar-refractivity contribution is 5.29. The predicted octanol–water partition coefficient (Wildman–Crippen LogP) is 1.99. The summed E-state index contributed by atoms with van der Waals surface area (Å²) in [6.45, 7) is 2.45. The minimum absolute atomic E-state index is 0.475. The molecule has 1 aliphatic carbocycles. The largest absolute Gasteiger partial charge is 0.351 e. The lowest BCUT2D eigenvalue weighted by Gasteiger charge is -2.22. The van der Waals surface area contributed by atoms with E-state index in [1.165, 1.54) is 32.1 Å². The fourth-order valence-corrected chi connectivity index (χ4v) is 2.23. The molecule has 0 amide bonds. The zero-order valence-corrected chi connectivity index (χ0v) is 9.87. The van der Waals surface area contributed by atoms with Crippen LogP contribution in [0.25, 0.3) is 0 Å². The van der Waals surface area contributed by atoms with Gasteiger partial charge in [0.1, 0.15) is 0 Å². The zero-order valence-electron chi connectivity index (χ0n) is 9.87. The summed E-state index contributed by atoms with van der Waals surface area (Å²) >= 11 is 0. The topological polar surface area (TPSA) is 63.8 Å². The first-order valence-electron chi connectivity index (χ1n) is 6.09. The van der Waals surface area contributed by atoms with Crippen LogP contribution in [0.5, 0.6) is 0 Å². The van der Waals surface area contributed by atoms with E-state index in [4.69, 9.17) is 5.73 Å². The van der Waals surface area contributed by atoms with Gasteiger partial charge in [-0.3, -0.25) is 0 Å². The second kappa shape index (κ2) is 5.25. The van der Waals surface area contributed by atoms with Crippen molar-refractivity contribution >= 4 is 5.95 Å². The Kier molecular flexibility index (Phi) is 3.72. The summed E-state index contributed by atoms with van der Waals surface area (Å²) in [5, 5.41) is 3.42. The molecule has 0 aliphatic heterocycles. The van der Waals surface area contributed by atoms with Gasteiger partial charge in [-0.15, -0.1) is 0 Å². The molecule has 1 saturated carbocycles. The summed E-state index contributed by atoms with van der Waals surface area (Å²) in [6.07, 6.45) is 6.45. The van der Waals surface area contributed by atoms with Crippen LogP contribution < -0.4 is 11.1 Å². The van der Waals surface area contributed by atoms with Gasteiger partial charge in [0.05, 0.1) is 5.69 Å². The van der Waals surface area contributed by atoms with Gasteiger partial charge in [-0.05, 0) is 25.8 Å². The van der Waals surface area contributed by atoms with Crippen molar-refractivity contribution < 1.29 is 0 Å². The van der Waals surface area contributed by atoms with Gasteiger partial charge in [-0.2, -0.15) is 0 Å². The molecule has 4 heteroatoms. The number of hydrogen-bond acceptors (Lipinski definition) is 4. The summed E-state index contributed by atoms with van der Waals surface area (Å²) < 4.78 is 0. The highest BCUT2D eigenvalue weighted by atomic mass is 15.1. The van der Waals surface area contributed by atoms with Crippen molar-refractivity contribution in [3.05, 3.63) is 17.5 Å². The number of nitrogens with two attached hydrogens (primary N) is 1. The minimum atomic E-state index is 0.475. The molecule has 0 unspecified atom stereocenters. The smallest absolute Gasteiger partial charge is 0.223 e. The van der Waals surface area contributed by atoms with Crippen LogP contribution in [-0.2, 0) is 6.54 Å². The lowest BCUT2D eigenvalue weighted by Crippen LogP contribution is -2.24. The quantitative estimate of drug-likeness (QED) is 0.817. The molecule has 1 aromatic rings. The molecule has 2 rings (SSSR count). The maximum Gasteiger partial charge on any atom is 0.223 e. The zero-order chi connectivity index (χ0) is 11.4. The van der Waals surface area contributed by atoms with Gasteiger partial charge in [-0.25, -0.2) is 9.97 Å². The highest BCUT2D eigenvalue weighted by Crippen LogP contribution is 2.20. The van der Waals surface area contributed by atoms with Gasteiger partial charge >= 0.3 is 0 Å². The molecule has 1 aliphatic rings. The lowest BCUT2D eigenvalue weighted by molar-refractivity contribution is 0.460. The maximum absolute atomic E-state index is 5.60. The van der Waals surface area contributed by atoms with Crippen LogP contribution in [0.2, 0.25) is 0 Å². The number of nitrogens with zero attached hydrogens (tertiary/aromatic N) is 2. The Labute approximate surface area is 96.7 Å². The van der Waals surface area contributed by atoms with Crippen LogP contribution in [0.3, 0.4) is 0 Å². The van der Waals surface area contributed by atoms with Crippen molar-refractivity contribution in [3.8, 4) is 0 Å². The Balaban J connectivity index is 2.04. The van der Waals surface area contributed by atoms with E-state index in [9.17, 15) is 0 Å². The van der Waals surface area contributed by atoms with E-state index >= 15 is 0 Å². The van der Waals surface area contributed by atoms with Crippen LogP contribution in [0.1, 0.15) is 43.5 Å². The Morgan fingerprint density at radius 2 is 2.06 bits per heavy atom. The van der Waals surface area contributed by atoms with Gasteiger partial charge in [0, 0.05) is 18.3 Å². The lowest BCUT2D eigenvalue weighted by atomic mass is 9.96. The van der Waals surface area contributed by atoms with Gasteiger partial charge in [0.15, 0.2) is 0 Å². The highest BCUT2D eigenvalue weighted by Gasteiger charge is 2.14. The Morgan fingerprint density at radius 3 is 2.75 bits per heavy atom. The molecule has 1 fully saturated rings.